The monoisotopic (exact) mass is 285 g/mol. The second-order valence-corrected chi connectivity index (χ2v) is 5.12. The first kappa shape index (κ1) is 13.4. The summed E-state index contributed by atoms with van der Waals surface area (Å²) in [5.74, 6) is -0.516. The molecule has 1 aromatic carbocycles. The zero-order valence-electron chi connectivity index (χ0n) is 11.9. The fraction of sp³-hybridized carbons (Fsp3) is 0.188. The van der Waals surface area contributed by atoms with Crippen LogP contribution in [0.2, 0.25) is 0 Å². The number of carbonyl (C=O) groups is 1. The molecule has 0 saturated heterocycles. The van der Waals surface area contributed by atoms with Crippen LogP contribution in [0.25, 0.3) is 10.9 Å². The van der Waals surface area contributed by atoms with Crippen molar-refractivity contribution in [3.63, 3.8) is 0 Å². The van der Waals surface area contributed by atoms with E-state index < -0.39 is 0 Å². The molecule has 2 heterocycles. The molecule has 0 aliphatic carbocycles. The molecular weight excluding hydrogens is 269 g/mol. The lowest BCUT2D eigenvalue weighted by molar-refractivity contribution is 0.0946. The van der Waals surface area contributed by atoms with Crippen molar-refractivity contribution in [3.8, 4) is 0 Å². The molecule has 0 atom stereocenters. The Morgan fingerprint density at radius 2 is 2.10 bits per heavy atom. The van der Waals surface area contributed by atoms with Crippen LogP contribution in [-0.2, 0) is 13.6 Å². The molecule has 3 rings (SSSR count). The van der Waals surface area contributed by atoms with Gasteiger partial charge in [0.1, 0.15) is 11.5 Å². The molecule has 1 amide bonds. The van der Waals surface area contributed by atoms with E-state index in [9.17, 15) is 9.18 Å². The summed E-state index contributed by atoms with van der Waals surface area (Å²) in [5, 5.41) is 3.55. The SMILES string of the molecule is Cc1ccc(CNC(=O)c2cc3cc(F)ccc3[nH]2)n1C. The molecule has 2 aromatic heterocycles. The van der Waals surface area contributed by atoms with Crippen LogP contribution in [0.5, 0.6) is 0 Å². The highest BCUT2D eigenvalue weighted by molar-refractivity contribution is 5.97. The van der Waals surface area contributed by atoms with Gasteiger partial charge in [-0.1, -0.05) is 0 Å². The van der Waals surface area contributed by atoms with Gasteiger partial charge in [0.25, 0.3) is 5.91 Å². The van der Waals surface area contributed by atoms with Crippen molar-refractivity contribution >= 4 is 16.8 Å². The van der Waals surface area contributed by atoms with E-state index in [0.29, 0.717) is 17.6 Å². The summed E-state index contributed by atoms with van der Waals surface area (Å²) in [6, 6.07) is 10.0. The van der Waals surface area contributed by atoms with Crippen LogP contribution in [-0.4, -0.2) is 15.5 Å². The van der Waals surface area contributed by atoms with Crippen LogP contribution in [0, 0.1) is 12.7 Å². The zero-order valence-corrected chi connectivity index (χ0v) is 11.9. The molecule has 2 N–H and O–H groups in total. The predicted molar refractivity (Wildman–Crippen MR) is 79.6 cm³/mol. The minimum Gasteiger partial charge on any atom is -0.351 e. The van der Waals surface area contributed by atoms with E-state index in [4.69, 9.17) is 0 Å². The van der Waals surface area contributed by atoms with E-state index in [1.807, 2.05) is 30.7 Å². The Morgan fingerprint density at radius 1 is 1.29 bits per heavy atom. The average molecular weight is 285 g/mol. The molecule has 0 aliphatic heterocycles. The Labute approximate surface area is 121 Å². The van der Waals surface area contributed by atoms with Crippen molar-refractivity contribution in [3.05, 3.63) is 59.3 Å². The Morgan fingerprint density at radius 3 is 2.81 bits per heavy atom. The number of rotatable bonds is 3. The van der Waals surface area contributed by atoms with Gasteiger partial charge in [-0.25, -0.2) is 4.39 Å². The lowest BCUT2D eigenvalue weighted by Gasteiger charge is -2.06. The van der Waals surface area contributed by atoms with E-state index in [1.54, 1.807) is 12.1 Å². The van der Waals surface area contributed by atoms with Crippen LogP contribution in [0.4, 0.5) is 4.39 Å². The Kier molecular flexibility index (Phi) is 3.25. The van der Waals surface area contributed by atoms with Gasteiger partial charge in [-0.2, -0.15) is 0 Å². The van der Waals surface area contributed by atoms with Gasteiger partial charge in [0.05, 0.1) is 6.54 Å². The summed E-state index contributed by atoms with van der Waals surface area (Å²) in [6.07, 6.45) is 0. The third-order valence-corrected chi connectivity index (χ3v) is 3.73. The number of carbonyl (C=O) groups excluding carboxylic acids is 1. The van der Waals surface area contributed by atoms with Crippen molar-refractivity contribution in [1.29, 1.82) is 0 Å². The highest BCUT2D eigenvalue weighted by atomic mass is 19.1. The largest absolute Gasteiger partial charge is 0.351 e. The van der Waals surface area contributed by atoms with Crippen LogP contribution in [0.3, 0.4) is 0 Å². The lowest BCUT2D eigenvalue weighted by Crippen LogP contribution is -2.24. The highest BCUT2D eigenvalue weighted by Gasteiger charge is 2.10. The van der Waals surface area contributed by atoms with Crippen LogP contribution in [0.15, 0.2) is 36.4 Å². The maximum Gasteiger partial charge on any atom is 0.268 e. The molecule has 21 heavy (non-hydrogen) atoms. The van der Waals surface area contributed by atoms with Gasteiger partial charge in [-0.3, -0.25) is 4.79 Å². The number of aromatic amines is 1. The molecule has 0 aliphatic rings. The van der Waals surface area contributed by atoms with Crippen molar-refractivity contribution in [2.24, 2.45) is 7.05 Å². The molecule has 0 bridgehead atoms. The predicted octanol–water partition coefficient (Wildman–Crippen LogP) is 2.88. The molecule has 3 aromatic rings. The van der Waals surface area contributed by atoms with E-state index in [2.05, 4.69) is 10.3 Å². The zero-order chi connectivity index (χ0) is 15.0. The third-order valence-electron chi connectivity index (χ3n) is 3.73. The summed E-state index contributed by atoms with van der Waals surface area (Å²) in [7, 11) is 1.96. The number of aromatic nitrogens is 2. The number of nitrogens with zero attached hydrogens (tertiary/aromatic N) is 1. The number of halogens is 1. The van der Waals surface area contributed by atoms with Crippen molar-refractivity contribution in [2.75, 3.05) is 0 Å². The smallest absolute Gasteiger partial charge is 0.268 e. The third kappa shape index (κ3) is 2.54. The number of hydrogen-bond donors (Lipinski definition) is 2. The van der Waals surface area contributed by atoms with Crippen molar-refractivity contribution in [2.45, 2.75) is 13.5 Å². The average Bonchev–Trinajstić information content (AvgIpc) is 3.01. The molecule has 0 spiro atoms. The van der Waals surface area contributed by atoms with Gasteiger partial charge in [-0.05, 0) is 43.3 Å². The van der Waals surface area contributed by atoms with Crippen molar-refractivity contribution in [1.82, 2.24) is 14.9 Å². The number of fused-ring (bicyclic) bond motifs is 1. The Bertz CT molecular complexity index is 816. The molecule has 0 unspecified atom stereocenters. The van der Waals surface area contributed by atoms with Gasteiger partial charge in [0.2, 0.25) is 0 Å². The number of benzene rings is 1. The van der Waals surface area contributed by atoms with E-state index in [1.165, 1.54) is 12.1 Å². The maximum absolute atomic E-state index is 13.1. The second kappa shape index (κ2) is 5.09. The number of nitrogens with one attached hydrogen (secondary N) is 2. The van der Waals surface area contributed by atoms with Crippen molar-refractivity contribution < 1.29 is 9.18 Å². The minimum atomic E-state index is -0.312. The fourth-order valence-electron chi connectivity index (χ4n) is 2.34. The molecule has 0 radical (unpaired) electrons. The summed E-state index contributed by atoms with van der Waals surface area (Å²) in [5.41, 5.74) is 3.35. The number of hydrogen-bond acceptors (Lipinski definition) is 1. The van der Waals surface area contributed by atoms with E-state index in [0.717, 1.165) is 16.9 Å². The van der Waals surface area contributed by atoms with Gasteiger partial charge in [-0.15, -0.1) is 0 Å². The number of aryl methyl sites for hydroxylation is 1. The van der Waals surface area contributed by atoms with Gasteiger partial charge in [0, 0.05) is 29.3 Å². The highest BCUT2D eigenvalue weighted by Crippen LogP contribution is 2.16. The fourth-order valence-corrected chi connectivity index (χ4v) is 2.34. The molecule has 0 fully saturated rings. The maximum atomic E-state index is 13.1. The topological polar surface area (TPSA) is 49.8 Å². The summed E-state index contributed by atoms with van der Waals surface area (Å²) in [4.78, 5) is 15.1. The van der Waals surface area contributed by atoms with Gasteiger partial charge >= 0.3 is 0 Å². The van der Waals surface area contributed by atoms with Gasteiger partial charge in [0.15, 0.2) is 0 Å². The molecule has 5 heteroatoms. The summed E-state index contributed by atoms with van der Waals surface area (Å²) in [6.45, 7) is 2.46. The Hall–Kier alpha value is -2.56. The molecule has 4 nitrogen and oxygen atoms in total. The van der Waals surface area contributed by atoms with Crippen LogP contribution >= 0.6 is 0 Å². The first-order valence-electron chi connectivity index (χ1n) is 6.72. The number of H-pyrrole nitrogens is 1. The van der Waals surface area contributed by atoms with Gasteiger partial charge < -0.3 is 14.9 Å². The van der Waals surface area contributed by atoms with Crippen LogP contribution < -0.4 is 5.32 Å². The molecule has 108 valence electrons. The van der Waals surface area contributed by atoms with E-state index in [-0.39, 0.29) is 11.7 Å². The minimum absolute atomic E-state index is 0.203. The normalized spacial score (nSPS) is 11.0. The summed E-state index contributed by atoms with van der Waals surface area (Å²) >= 11 is 0. The number of amides is 1. The quantitative estimate of drug-likeness (QED) is 0.764. The first-order chi connectivity index (χ1) is 10.0. The van der Waals surface area contributed by atoms with E-state index >= 15 is 0 Å². The molecule has 0 saturated carbocycles. The van der Waals surface area contributed by atoms with Crippen LogP contribution in [0.1, 0.15) is 21.9 Å². The lowest BCUT2D eigenvalue weighted by atomic mass is 10.2. The molecular formula is C16H16FN3O. The first-order valence-corrected chi connectivity index (χ1v) is 6.72. The Balaban J connectivity index is 1.76. The summed E-state index contributed by atoms with van der Waals surface area (Å²) < 4.78 is 15.2. The second-order valence-electron chi connectivity index (χ2n) is 5.12. The standard InChI is InChI=1S/C16H16FN3O/c1-10-3-5-13(20(10)2)9-18-16(21)15-8-11-7-12(17)4-6-14(11)19-15/h3-8,19H,9H2,1-2H3,(H,18,21).